The van der Waals surface area contributed by atoms with Gasteiger partial charge in [0.25, 0.3) is 5.78 Å². The summed E-state index contributed by atoms with van der Waals surface area (Å²) >= 11 is 2.83. The van der Waals surface area contributed by atoms with E-state index in [2.05, 4.69) is 20.1 Å². The first kappa shape index (κ1) is 13.0. The molecule has 0 bridgehead atoms. The predicted molar refractivity (Wildman–Crippen MR) is 73.1 cm³/mol. The Kier molecular flexibility index (Phi) is 3.36. The maximum atomic E-state index is 10.6. The highest BCUT2D eigenvalue weighted by Gasteiger charge is 2.11. The van der Waals surface area contributed by atoms with Crippen molar-refractivity contribution in [2.75, 3.05) is 0 Å². The van der Waals surface area contributed by atoms with Crippen molar-refractivity contribution in [2.24, 2.45) is 0 Å². The lowest BCUT2D eigenvalue weighted by molar-refractivity contribution is -0.136. The zero-order chi connectivity index (χ0) is 14.1. The molecule has 0 saturated heterocycles. The minimum absolute atomic E-state index is 0.0643. The Morgan fingerprint density at radius 1 is 1.50 bits per heavy atom. The minimum atomic E-state index is -0.884. The average Bonchev–Trinajstić information content (AvgIpc) is 2.97. The van der Waals surface area contributed by atoms with Crippen molar-refractivity contribution in [1.82, 2.24) is 24.6 Å². The molecular weight excluding hydrogens is 298 g/mol. The number of hydrogen-bond acceptors (Lipinski definition) is 7. The molecule has 0 aromatic carbocycles. The number of carboxylic acids is 1. The number of aliphatic carboxylic acids is 1. The average molecular weight is 307 g/mol. The topological polar surface area (TPSA) is 93.3 Å². The molecule has 0 atom stereocenters. The Morgan fingerprint density at radius 3 is 3.15 bits per heavy atom. The quantitative estimate of drug-likeness (QED) is 0.733. The summed E-state index contributed by atoms with van der Waals surface area (Å²) in [5.41, 5.74) is 1.40. The van der Waals surface area contributed by atoms with E-state index in [4.69, 9.17) is 5.11 Å². The van der Waals surface area contributed by atoms with Crippen LogP contribution in [-0.2, 0) is 11.2 Å². The third-order valence-electron chi connectivity index (χ3n) is 2.40. The first-order chi connectivity index (χ1) is 9.61. The van der Waals surface area contributed by atoms with Crippen LogP contribution in [0.5, 0.6) is 0 Å². The fourth-order valence-electron chi connectivity index (χ4n) is 1.63. The zero-order valence-corrected chi connectivity index (χ0v) is 12.0. The monoisotopic (exact) mass is 307 g/mol. The third-order valence-corrected chi connectivity index (χ3v) is 4.39. The van der Waals surface area contributed by atoms with Crippen molar-refractivity contribution in [2.45, 2.75) is 22.7 Å². The lowest BCUT2D eigenvalue weighted by atomic mass is 10.3. The predicted octanol–water partition coefficient (Wildman–Crippen LogP) is 1.67. The fraction of sp³-hybridized carbons (Fsp3) is 0.182. The van der Waals surface area contributed by atoms with E-state index in [1.54, 1.807) is 9.90 Å². The number of aryl methyl sites for hydroxylation is 1. The van der Waals surface area contributed by atoms with Gasteiger partial charge in [0.2, 0.25) is 0 Å². The second-order valence-corrected chi connectivity index (χ2v) is 6.11. The molecule has 7 nitrogen and oxygen atoms in total. The molecule has 3 rings (SSSR count). The van der Waals surface area contributed by atoms with Crippen LogP contribution in [0.4, 0.5) is 0 Å². The summed E-state index contributed by atoms with van der Waals surface area (Å²) < 4.78 is 2.40. The van der Waals surface area contributed by atoms with E-state index in [1.807, 2.05) is 13.0 Å². The van der Waals surface area contributed by atoms with Crippen LogP contribution in [0.25, 0.3) is 5.78 Å². The van der Waals surface area contributed by atoms with Crippen molar-refractivity contribution in [3.05, 3.63) is 29.2 Å². The van der Waals surface area contributed by atoms with Gasteiger partial charge in [-0.3, -0.25) is 4.79 Å². The second-order valence-electron chi connectivity index (χ2n) is 3.98. The van der Waals surface area contributed by atoms with E-state index in [0.717, 1.165) is 15.1 Å². The molecule has 1 N–H and O–H groups in total. The molecule has 0 spiro atoms. The van der Waals surface area contributed by atoms with Crippen molar-refractivity contribution in [1.29, 1.82) is 0 Å². The maximum Gasteiger partial charge on any atom is 0.309 e. The molecule has 0 fully saturated rings. The summed E-state index contributed by atoms with van der Waals surface area (Å²) in [6.07, 6.45) is 1.38. The van der Waals surface area contributed by atoms with Gasteiger partial charge in [-0.15, -0.1) is 11.3 Å². The van der Waals surface area contributed by atoms with Crippen molar-refractivity contribution in [3.8, 4) is 0 Å². The van der Waals surface area contributed by atoms with Crippen LogP contribution in [0, 0.1) is 6.92 Å². The molecule has 102 valence electrons. The molecule has 3 heterocycles. The number of nitrogens with zero attached hydrogens (tertiary/aromatic N) is 5. The van der Waals surface area contributed by atoms with E-state index < -0.39 is 5.97 Å². The molecule has 0 amide bonds. The van der Waals surface area contributed by atoms with Gasteiger partial charge < -0.3 is 5.11 Å². The van der Waals surface area contributed by atoms with Gasteiger partial charge in [0.1, 0.15) is 11.4 Å². The van der Waals surface area contributed by atoms with Crippen LogP contribution < -0.4 is 0 Å². The Morgan fingerprint density at radius 2 is 2.35 bits per heavy atom. The first-order valence-corrected chi connectivity index (χ1v) is 7.33. The fourth-order valence-corrected chi connectivity index (χ4v) is 3.55. The maximum absolute atomic E-state index is 10.6. The number of rotatable bonds is 4. The van der Waals surface area contributed by atoms with E-state index in [0.29, 0.717) is 11.5 Å². The molecule has 3 aromatic heterocycles. The van der Waals surface area contributed by atoms with E-state index in [1.165, 1.54) is 29.4 Å². The summed E-state index contributed by atoms with van der Waals surface area (Å²) in [7, 11) is 0. The van der Waals surface area contributed by atoms with Gasteiger partial charge in [-0.2, -0.15) is 14.6 Å². The van der Waals surface area contributed by atoms with Crippen LogP contribution >= 0.6 is 23.1 Å². The molecule has 0 radical (unpaired) electrons. The van der Waals surface area contributed by atoms with Gasteiger partial charge in [0, 0.05) is 11.1 Å². The molecule has 0 saturated carbocycles. The van der Waals surface area contributed by atoms with Crippen LogP contribution in [0.15, 0.2) is 27.1 Å². The highest BCUT2D eigenvalue weighted by molar-refractivity contribution is 8.01. The molecule has 0 unspecified atom stereocenters. The number of fused-ring (bicyclic) bond motifs is 1. The first-order valence-electron chi connectivity index (χ1n) is 5.63. The lowest BCUT2D eigenvalue weighted by Gasteiger charge is -2.02. The van der Waals surface area contributed by atoms with E-state index >= 15 is 0 Å². The largest absolute Gasteiger partial charge is 0.481 e. The SMILES string of the molecule is Cc1cc(Sc2nc(CC(=O)O)cs2)n2ncnc2n1. The van der Waals surface area contributed by atoms with Gasteiger partial charge in [-0.05, 0) is 24.8 Å². The van der Waals surface area contributed by atoms with E-state index in [-0.39, 0.29) is 6.42 Å². The van der Waals surface area contributed by atoms with Gasteiger partial charge >= 0.3 is 5.97 Å². The molecule has 0 aliphatic heterocycles. The zero-order valence-electron chi connectivity index (χ0n) is 10.3. The van der Waals surface area contributed by atoms with Crippen LogP contribution in [0.3, 0.4) is 0 Å². The third kappa shape index (κ3) is 2.63. The summed E-state index contributed by atoms with van der Waals surface area (Å²) in [5, 5.41) is 15.5. The Bertz CT molecular complexity index is 782. The van der Waals surface area contributed by atoms with E-state index in [9.17, 15) is 4.79 Å². The highest BCUT2D eigenvalue weighted by Crippen LogP contribution is 2.30. The van der Waals surface area contributed by atoms with Crippen molar-refractivity contribution in [3.63, 3.8) is 0 Å². The second kappa shape index (κ2) is 5.17. The normalized spacial score (nSPS) is 11.1. The molecule has 3 aromatic rings. The summed E-state index contributed by atoms with van der Waals surface area (Å²) in [6.45, 7) is 1.89. The lowest BCUT2D eigenvalue weighted by Crippen LogP contribution is -2.00. The number of aromatic nitrogens is 5. The van der Waals surface area contributed by atoms with Crippen LogP contribution in [-0.4, -0.2) is 35.6 Å². The van der Waals surface area contributed by atoms with Crippen molar-refractivity contribution < 1.29 is 9.90 Å². The summed E-state index contributed by atoms with van der Waals surface area (Å²) in [6, 6.07) is 1.89. The van der Waals surface area contributed by atoms with Crippen LogP contribution in [0.1, 0.15) is 11.4 Å². The van der Waals surface area contributed by atoms with Crippen LogP contribution in [0.2, 0.25) is 0 Å². The van der Waals surface area contributed by atoms with Gasteiger partial charge in [0.05, 0.1) is 12.1 Å². The van der Waals surface area contributed by atoms with Gasteiger partial charge in [-0.1, -0.05) is 0 Å². The molecule has 0 aliphatic carbocycles. The number of hydrogen-bond donors (Lipinski definition) is 1. The smallest absolute Gasteiger partial charge is 0.309 e. The Labute approximate surface area is 121 Å². The number of carboxylic acid groups (broad SMARTS) is 1. The minimum Gasteiger partial charge on any atom is -0.481 e. The molecule has 20 heavy (non-hydrogen) atoms. The highest BCUT2D eigenvalue weighted by atomic mass is 32.2. The molecule has 9 heteroatoms. The standard InChI is InChI=1S/C11H9N5O2S2/c1-6-2-8(16-10(14-6)12-5-13-16)20-11-15-7(4-19-11)3-9(17)18/h2,4-5H,3H2,1H3,(H,17,18). The molecule has 0 aliphatic rings. The summed E-state index contributed by atoms with van der Waals surface area (Å²) in [5.74, 6) is -0.347. The number of carbonyl (C=O) groups is 1. The van der Waals surface area contributed by atoms with Crippen molar-refractivity contribution >= 4 is 34.8 Å². The number of thiazole rings is 1. The van der Waals surface area contributed by atoms with Gasteiger partial charge in [-0.25, -0.2) is 9.97 Å². The Hall–Kier alpha value is -2.00. The Balaban J connectivity index is 1.91. The van der Waals surface area contributed by atoms with Gasteiger partial charge in [0.15, 0.2) is 4.34 Å². The molecular formula is C11H9N5O2S2. The summed E-state index contributed by atoms with van der Waals surface area (Å²) in [4.78, 5) is 23.3.